The summed E-state index contributed by atoms with van der Waals surface area (Å²) in [5, 5.41) is 14.3. The minimum absolute atomic E-state index is 0.146. The number of phenols is 1. The molecule has 1 aliphatic heterocycles. The van der Waals surface area contributed by atoms with Crippen molar-refractivity contribution in [3.8, 4) is 5.75 Å². The van der Waals surface area contributed by atoms with Gasteiger partial charge in [0.05, 0.1) is 12.8 Å². The SMILES string of the molecule is CCN(CC)c1ccc(C=NNC(=O)CN2CCN(Cc3ccc(C)cc3)CC2)c(O)c1. The molecule has 7 heteroatoms. The molecule has 3 rings (SSSR count). The van der Waals surface area contributed by atoms with Crippen LogP contribution in [0.4, 0.5) is 5.69 Å². The number of carbonyl (C=O) groups is 1. The van der Waals surface area contributed by atoms with Gasteiger partial charge >= 0.3 is 0 Å². The molecule has 32 heavy (non-hydrogen) atoms. The summed E-state index contributed by atoms with van der Waals surface area (Å²) in [5.74, 6) is 0.00424. The van der Waals surface area contributed by atoms with Crippen molar-refractivity contribution in [2.75, 3.05) is 50.7 Å². The standard InChI is InChI=1S/C25H35N5O2/c1-4-30(5-2)23-11-10-22(24(31)16-23)17-26-27-25(32)19-29-14-12-28(13-15-29)18-21-8-6-20(3)7-9-21/h6-11,16-17,31H,4-5,12-15,18-19H2,1-3H3,(H,27,32). The Morgan fingerprint density at radius 2 is 1.72 bits per heavy atom. The zero-order valence-electron chi connectivity index (χ0n) is 19.4. The number of nitrogens with zero attached hydrogens (tertiary/aromatic N) is 4. The van der Waals surface area contributed by atoms with Gasteiger partial charge in [-0.1, -0.05) is 29.8 Å². The number of carbonyl (C=O) groups excluding carboxylic acids is 1. The maximum atomic E-state index is 12.3. The largest absolute Gasteiger partial charge is 0.507 e. The van der Waals surface area contributed by atoms with Crippen molar-refractivity contribution in [1.82, 2.24) is 15.2 Å². The van der Waals surface area contributed by atoms with Crippen LogP contribution < -0.4 is 10.3 Å². The molecule has 0 radical (unpaired) electrons. The number of piperazine rings is 1. The van der Waals surface area contributed by atoms with E-state index >= 15 is 0 Å². The molecule has 1 saturated heterocycles. The molecule has 0 atom stereocenters. The van der Waals surface area contributed by atoms with E-state index in [0.29, 0.717) is 12.1 Å². The predicted octanol–water partition coefficient (Wildman–Crippen LogP) is 2.81. The van der Waals surface area contributed by atoms with Crippen molar-refractivity contribution in [1.29, 1.82) is 0 Å². The summed E-state index contributed by atoms with van der Waals surface area (Å²) in [6.07, 6.45) is 1.48. The van der Waals surface area contributed by atoms with Crippen LogP contribution in [-0.2, 0) is 11.3 Å². The van der Waals surface area contributed by atoms with Gasteiger partial charge in [0.15, 0.2) is 0 Å². The first-order chi connectivity index (χ1) is 15.5. The third-order valence-electron chi connectivity index (χ3n) is 5.89. The average molecular weight is 438 g/mol. The first-order valence-electron chi connectivity index (χ1n) is 11.4. The summed E-state index contributed by atoms with van der Waals surface area (Å²) in [7, 11) is 0. The van der Waals surface area contributed by atoms with Crippen LogP contribution in [0, 0.1) is 6.92 Å². The van der Waals surface area contributed by atoms with Gasteiger partial charge in [0, 0.05) is 63.1 Å². The highest BCUT2D eigenvalue weighted by Crippen LogP contribution is 2.23. The van der Waals surface area contributed by atoms with Crippen LogP contribution in [0.25, 0.3) is 0 Å². The predicted molar refractivity (Wildman–Crippen MR) is 130 cm³/mol. The molecule has 1 amide bonds. The molecule has 0 spiro atoms. The van der Waals surface area contributed by atoms with E-state index in [9.17, 15) is 9.90 Å². The van der Waals surface area contributed by atoms with Gasteiger partial charge in [-0.15, -0.1) is 0 Å². The number of phenolic OH excluding ortho intramolecular Hbond substituents is 1. The normalized spacial score (nSPS) is 15.2. The third kappa shape index (κ3) is 6.80. The van der Waals surface area contributed by atoms with E-state index < -0.39 is 0 Å². The van der Waals surface area contributed by atoms with Crippen LogP contribution in [0.15, 0.2) is 47.6 Å². The molecule has 1 heterocycles. The van der Waals surface area contributed by atoms with E-state index in [1.54, 1.807) is 6.07 Å². The van der Waals surface area contributed by atoms with E-state index in [1.807, 2.05) is 12.1 Å². The van der Waals surface area contributed by atoms with E-state index in [1.165, 1.54) is 17.3 Å². The van der Waals surface area contributed by atoms with Crippen molar-refractivity contribution in [3.63, 3.8) is 0 Å². The Labute approximate surface area is 191 Å². The molecule has 0 unspecified atom stereocenters. The van der Waals surface area contributed by atoms with Gasteiger partial charge in [0.1, 0.15) is 5.75 Å². The summed E-state index contributed by atoms with van der Waals surface area (Å²) < 4.78 is 0. The number of hydrogen-bond acceptors (Lipinski definition) is 6. The number of benzene rings is 2. The number of aryl methyl sites for hydroxylation is 1. The Hall–Kier alpha value is -2.90. The van der Waals surface area contributed by atoms with Gasteiger partial charge in [0.25, 0.3) is 5.91 Å². The van der Waals surface area contributed by atoms with Gasteiger partial charge < -0.3 is 10.0 Å². The highest BCUT2D eigenvalue weighted by Gasteiger charge is 2.19. The number of hydrazone groups is 1. The number of rotatable bonds is 9. The quantitative estimate of drug-likeness (QED) is 0.466. The Bertz CT molecular complexity index is 901. The fraction of sp³-hybridized carbons (Fsp3) is 0.440. The molecule has 2 N–H and O–H groups in total. The monoisotopic (exact) mass is 437 g/mol. The minimum atomic E-state index is -0.146. The van der Waals surface area contributed by atoms with E-state index in [-0.39, 0.29) is 11.7 Å². The third-order valence-corrected chi connectivity index (χ3v) is 5.89. The first kappa shape index (κ1) is 23.8. The van der Waals surface area contributed by atoms with Crippen LogP contribution in [-0.4, -0.2) is 72.8 Å². The molecule has 1 aliphatic rings. The molecule has 2 aromatic rings. The topological polar surface area (TPSA) is 71.4 Å². The summed E-state index contributed by atoms with van der Waals surface area (Å²) in [4.78, 5) is 19.0. The van der Waals surface area contributed by atoms with Crippen molar-refractivity contribution >= 4 is 17.8 Å². The lowest BCUT2D eigenvalue weighted by Crippen LogP contribution is -2.48. The summed E-state index contributed by atoms with van der Waals surface area (Å²) in [5.41, 5.74) is 6.72. The van der Waals surface area contributed by atoms with E-state index in [4.69, 9.17) is 0 Å². The van der Waals surface area contributed by atoms with Crippen LogP contribution >= 0.6 is 0 Å². The molecule has 2 aromatic carbocycles. The van der Waals surface area contributed by atoms with Gasteiger partial charge in [-0.3, -0.25) is 14.6 Å². The number of anilines is 1. The number of hydrogen-bond donors (Lipinski definition) is 2. The highest BCUT2D eigenvalue weighted by atomic mass is 16.3. The lowest BCUT2D eigenvalue weighted by Gasteiger charge is -2.34. The second-order valence-corrected chi connectivity index (χ2v) is 8.25. The first-order valence-corrected chi connectivity index (χ1v) is 11.4. The molecular weight excluding hydrogens is 402 g/mol. The molecule has 0 aliphatic carbocycles. The van der Waals surface area contributed by atoms with E-state index in [2.05, 4.69) is 70.3 Å². The van der Waals surface area contributed by atoms with Crippen molar-refractivity contribution in [3.05, 3.63) is 59.2 Å². The van der Waals surface area contributed by atoms with Crippen molar-refractivity contribution in [2.45, 2.75) is 27.3 Å². The second-order valence-electron chi connectivity index (χ2n) is 8.25. The molecule has 0 aromatic heterocycles. The van der Waals surface area contributed by atoms with Crippen molar-refractivity contribution < 1.29 is 9.90 Å². The highest BCUT2D eigenvalue weighted by molar-refractivity contribution is 5.86. The second kappa shape index (κ2) is 11.6. The molecular formula is C25H35N5O2. The van der Waals surface area contributed by atoms with Crippen LogP contribution in [0.1, 0.15) is 30.5 Å². The minimum Gasteiger partial charge on any atom is -0.507 e. The Morgan fingerprint density at radius 3 is 2.34 bits per heavy atom. The van der Waals surface area contributed by atoms with Crippen molar-refractivity contribution in [2.24, 2.45) is 5.10 Å². The lowest BCUT2D eigenvalue weighted by molar-refractivity contribution is -0.122. The average Bonchev–Trinajstić information content (AvgIpc) is 2.79. The maximum absolute atomic E-state index is 12.3. The smallest absolute Gasteiger partial charge is 0.254 e. The summed E-state index contributed by atoms with van der Waals surface area (Å²) in [6.45, 7) is 12.9. The maximum Gasteiger partial charge on any atom is 0.254 e. The Kier molecular flexibility index (Phi) is 8.64. The molecule has 172 valence electrons. The summed E-state index contributed by atoms with van der Waals surface area (Å²) in [6, 6.07) is 14.2. The number of aromatic hydroxyl groups is 1. The Balaban J connectivity index is 1.41. The zero-order valence-corrected chi connectivity index (χ0v) is 19.4. The molecule has 0 saturated carbocycles. The van der Waals surface area contributed by atoms with Gasteiger partial charge in [-0.2, -0.15) is 5.10 Å². The Morgan fingerprint density at radius 1 is 1.06 bits per heavy atom. The lowest BCUT2D eigenvalue weighted by atomic mass is 10.1. The van der Waals surface area contributed by atoms with E-state index in [0.717, 1.165) is 51.5 Å². The van der Waals surface area contributed by atoms with Crippen LogP contribution in [0.2, 0.25) is 0 Å². The number of amides is 1. The summed E-state index contributed by atoms with van der Waals surface area (Å²) >= 11 is 0. The fourth-order valence-corrected chi connectivity index (χ4v) is 3.90. The molecule has 0 bridgehead atoms. The van der Waals surface area contributed by atoms with Gasteiger partial charge in [0.2, 0.25) is 0 Å². The van der Waals surface area contributed by atoms with Crippen LogP contribution in [0.5, 0.6) is 5.75 Å². The van der Waals surface area contributed by atoms with Gasteiger partial charge in [-0.05, 0) is 38.5 Å². The van der Waals surface area contributed by atoms with Gasteiger partial charge in [-0.25, -0.2) is 5.43 Å². The molecule has 1 fully saturated rings. The molecule has 7 nitrogen and oxygen atoms in total. The van der Waals surface area contributed by atoms with Crippen LogP contribution in [0.3, 0.4) is 0 Å². The fourth-order valence-electron chi connectivity index (χ4n) is 3.90. The number of nitrogens with one attached hydrogen (secondary N) is 1. The zero-order chi connectivity index (χ0) is 22.9.